The summed E-state index contributed by atoms with van der Waals surface area (Å²) < 4.78 is 0. The molecule has 0 amide bonds. The summed E-state index contributed by atoms with van der Waals surface area (Å²) >= 11 is 0. The molecule has 4 heteroatoms. The number of fused-ring (bicyclic) bond motifs is 2. The molecule has 2 bridgehead atoms. The molecule has 1 aromatic rings. The molecule has 2 heterocycles. The van der Waals surface area contributed by atoms with E-state index >= 15 is 0 Å². The fourth-order valence-corrected chi connectivity index (χ4v) is 2.69. The molecule has 74 valence electrons. The first-order valence-corrected chi connectivity index (χ1v) is 5.19. The molecular weight excluding hydrogens is 176 g/mol. The number of nitrogens with zero attached hydrogens (tertiary/aromatic N) is 3. The summed E-state index contributed by atoms with van der Waals surface area (Å²) in [6, 6.07) is 4.51. The van der Waals surface area contributed by atoms with Crippen LogP contribution < -0.4 is 10.6 Å². The number of piperidine rings is 1. The van der Waals surface area contributed by atoms with Gasteiger partial charge in [0.25, 0.3) is 0 Å². The Hall–Kier alpha value is -1.32. The molecule has 2 N–H and O–H groups in total. The number of nitrogen functional groups attached to an aromatic ring is 1. The molecule has 0 aromatic carbocycles. The van der Waals surface area contributed by atoms with Gasteiger partial charge in [-0.15, -0.1) is 10.2 Å². The lowest BCUT2D eigenvalue weighted by Gasteiger charge is -2.27. The first-order chi connectivity index (χ1) is 6.83. The summed E-state index contributed by atoms with van der Waals surface area (Å²) in [6.45, 7) is 1.16. The lowest BCUT2D eigenvalue weighted by atomic mass is 10.1. The zero-order valence-electron chi connectivity index (χ0n) is 8.06. The Morgan fingerprint density at radius 3 is 2.79 bits per heavy atom. The van der Waals surface area contributed by atoms with Crippen molar-refractivity contribution >= 4 is 11.6 Å². The molecule has 14 heavy (non-hydrogen) atoms. The van der Waals surface area contributed by atoms with Crippen molar-refractivity contribution in [2.75, 3.05) is 17.2 Å². The number of anilines is 2. The van der Waals surface area contributed by atoms with Crippen molar-refractivity contribution in [3.05, 3.63) is 12.1 Å². The number of aromatic nitrogens is 2. The van der Waals surface area contributed by atoms with E-state index in [1.807, 2.05) is 12.1 Å². The van der Waals surface area contributed by atoms with Crippen LogP contribution in [-0.2, 0) is 0 Å². The highest BCUT2D eigenvalue weighted by atomic mass is 15.3. The van der Waals surface area contributed by atoms with Crippen LogP contribution in [0.2, 0.25) is 0 Å². The molecule has 4 nitrogen and oxygen atoms in total. The predicted molar refractivity (Wildman–Crippen MR) is 54.9 cm³/mol. The van der Waals surface area contributed by atoms with Crippen LogP contribution in [0.15, 0.2) is 12.1 Å². The second-order valence-electron chi connectivity index (χ2n) is 4.30. The maximum absolute atomic E-state index is 5.51. The Morgan fingerprint density at radius 1 is 1.29 bits per heavy atom. The molecule has 1 aliphatic heterocycles. The Morgan fingerprint density at radius 2 is 2.21 bits per heavy atom. The first kappa shape index (κ1) is 8.03. The van der Waals surface area contributed by atoms with Gasteiger partial charge in [0.05, 0.1) is 0 Å². The Balaban J connectivity index is 1.86. The summed E-state index contributed by atoms with van der Waals surface area (Å²) in [7, 11) is 0. The number of nitrogens with two attached hydrogens (primary N) is 1. The maximum atomic E-state index is 5.51. The van der Waals surface area contributed by atoms with Gasteiger partial charge in [0.1, 0.15) is 5.82 Å². The predicted octanol–water partition coefficient (Wildman–Crippen LogP) is 1.05. The average molecular weight is 190 g/mol. The van der Waals surface area contributed by atoms with E-state index in [4.69, 9.17) is 5.73 Å². The zero-order valence-corrected chi connectivity index (χ0v) is 8.06. The molecule has 0 spiro atoms. The Labute approximate surface area is 83.1 Å². The van der Waals surface area contributed by atoms with Crippen molar-refractivity contribution < 1.29 is 0 Å². The van der Waals surface area contributed by atoms with Crippen molar-refractivity contribution in [3.8, 4) is 0 Å². The van der Waals surface area contributed by atoms with Crippen LogP contribution in [0.1, 0.15) is 19.3 Å². The van der Waals surface area contributed by atoms with E-state index in [9.17, 15) is 0 Å². The molecule has 0 radical (unpaired) electrons. The molecule has 1 saturated carbocycles. The van der Waals surface area contributed by atoms with Crippen LogP contribution in [0, 0.1) is 5.92 Å². The minimum absolute atomic E-state index is 0.498. The van der Waals surface area contributed by atoms with E-state index in [1.54, 1.807) is 0 Å². The smallest absolute Gasteiger partial charge is 0.151 e. The van der Waals surface area contributed by atoms with Crippen LogP contribution in [0.25, 0.3) is 0 Å². The quantitative estimate of drug-likeness (QED) is 0.719. The average Bonchev–Trinajstić information content (AvgIpc) is 2.80. The van der Waals surface area contributed by atoms with Gasteiger partial charge in [-0.1, -0.05) is 0 Å². The highest BCUT2D eigenvalue weighted by molar-refractivity contribution is 5.44. The second kappa shape index (κ2) is 2.83. The minimum atomic E-state index is 0.498. The largest absolute Gasteiger partial charge is 0.382 e. The Bertz CT molecular complexity index is 334. The topological polar surface area (TPSA) is 55.0 Å². The molecule has 1 aliphatic carbocycles. The van der Waals surface area contributed by atoms with Gasteiger partial charge in [-0.3, -0.25) is 0 Å². The van der Waals surface area contributed by atoms with Gasteiger partial charge in [0, 0.05) is 12.6 Å². The molecule has 2 atom stereocenters. The van der Waals surface area contributed by atoms with Crippen molar-refractivity contribution in [1.82, 2.24) is 10.2 Å². The standard InChI is InChI=1S/C10H14N4/c11-9-3-4-10(13-12-9)14-6-7-1-2-8(14)5-7/h3-4,7-8H,1-2,5-6H2,(H2,11,12). The lowest BCUT2D eigenvalue weighted by molar-refractivity contribution is 0.549. The van der Waals surface area contributed by atoms with Gasteiger partial charge in [-0.25, -0.2) is 0 Å². The third kappa shape index (κ3) is 1.14. The van der Waals surface area contributed by atoms with Crippen LogP contribution in [-0.4, -0.2) is 22.8 Å². The monoisotopic (exact) mass is 190 g/mol. The SMILES string of the molecule is Nc1ccc(N2CC3CCC2C3)nn1. The molecule has 2 aliphatic rings. The molecule has 2 fully saturated rings. The highest BCUT2D eigenvalue weighted by Gasteiger charge is 2.38. The van der Waals surface area contributed by atoms with E-state index < -0.39 is 0 Å². The van der Waals surface area contributed by atoms with E-state index in [-0.39, 0.29) is 0 Å². The van der Waals surface area contributed by atoms with Gasteiger partial charge < -0.3 is 10.6 Å². The normalized spacial score (nSPS) is 29.9. The highest BCUT2D eigenvalue weighted by Crippen LogP contribution is 2.39. The summed E-state index contributed by atoms with van der Waals surface area (Å²) in [5, 5.41) is 8.02. The van der Waals surface area contributed by atoms with Crippen LogP contribution in [0.5, 0.6) is 0 Å². The fourth-order valence-electron chi connectivity index (χ4n) is 2.69. The van der Waals surface area contributed by atoms with Gasteiger partial charge >= 0.3 is 0 Å². The molecule has 1 aromatic heterocycles. The fraction of sp³-hybridized carbons (Fsp3) is 0.600. The second-order valence-corrected chi connectivity index (χ2v) is 4.30. The van der Waals surface area contributed by atoms with Crippen molar-refractivity contribution in [2.24, 2.45) is 5.92 Å². The number of rotatable bonds is 1. The minimum Gasteiger partial charge on any atom is -0.382 e. The molecule has 2 unspecified atom stereocenters. The maximum Gasteiger partial charge on any atom is 0.151 e. The van der Waals surface area contributed by atoms with Crippen molar-refractivity contribution in [2.45, 2.75) is 25.3 Å². The molecule has 1 saturated heterocycles. The van der Waals surface area contributed by atoms with Crippen LogP contribution >= 0.6 is 0 Å². The first-order valence-electron chi connectivity index (χ1n) is 5.19. The van der Waals surface area contributed by atoms with Gasteiger partial charge in [-0.05, 0) is 37.3 Å². The van der Waals surface area contributed by atoms with Crippen molar-refractivity contribution in [1.29, 1.82) is 0 Å². The Kier molecular flexibility index (Phi) is 1.63. The van der Waals surface area contributed by atoms with Crippen LogP contribution in [0.4, 0.5) is 11.6 Å². The molecule has 3 rings (SSSR count). The third-order valence-corrected chi connectivity index (χ3v) is 3.37. The van der Waals surface area contributed by atoms with Gasteiger partial charge in [-0.2, -0.15) is 0 Å². The number of hydrogen-bond donors (Lipinski definition) is 1. The van der Waals surface area contributed by atoms with E-state index in [2.05, 4.69) is 15.1 Å². The van der Waals surface area contributed by atoms with E-state index in [0.29, 0.717) is 11.9 Å². The zero-order chi connectivity index (χ0) is 9.54. The summed E-state index contributed by atoms with van der Waals surface area (Å²) in [4.78, 5) is 2.38. The van der Waals surface area contributed by atoms with Gasteiger partial charge in [0.2, 0.25) is 0 Å². The summed E-state index contributed by atoms with van der Waals surface area (Å²) in [5.74, 6) is 2.38. The van der Waals surface area contributed by atoms with Gasteiger partial charge in [0.15, 0.2) is 5.82 Å². The van der Waals surface area contributed by atoms with E-state index in [0.717, 1.165) is 18.3 Å². The van der Waals surface area contributed by atoms with Crippen LogP contribution in [0.3, 0.4) is 0 Å². The summed E-state index contributed by atoms with van der Waals surface area (Å²) in [5.41, 5.74) is 5.51. The molecular formula is C10H14N4. The summed E-state index contributed by atoms with van der Waals surface area (Å²) in [6.07, 6.45) is 4.05. The third-order valence-electron chi connectivity index (χ3n) is 3.37. The number of hydrogen-bond acceptors (Lipinski definition) is 4. The van der Waals surface area contributed by atoms with E-state index in [1.165, 1.54) is 19.3 Å². The lowest BCUT2D eigenvalue weighted by Crippen LogP contribution is -2.32. The van der Waals surface area contributed by atoms with Crippen molar-refractivity contribution in [3.63, 3.8) is 0 Å².